The van der Waals surface area contributed by atoms with E-state index in [4.69, 9.17) is 4.74 Å². The number of nitrogens with one attached hydrogen (secondary N) is 1. The second-order valence-electron chi connectivity index (χ2n) is 6.26. The maximum atomic E-state index is 12.6. The van der Waals surface area contributed by atoms with Crippen LogP contribution in [0.25, 0.3) is 0 Å². The van der Waals surface area contributed by atoms with Crippen molar-refractivity contribution in [1.82, 2.24) is 10.3 Å². The van der Waals surface area contributed by atoms with Crippen molar-refractivity contribution >= 4 is 23.6 Å². The van der Waals surface area contributed by atoms with Crippen molar-refractivity contribution in [2.24, 2.45) is 0 Å². The maximum Gasteiger partial charge on any atom is 0.331 e. The van der Waals surface area contributed by atoms with Crippen LogP contribution in [0.4, 0.5) is 0 Å². The molecule has 0 atom stereocenters. The molecule has 0 spiro atoms. The molecule has 1 aromatic heterocycles. The topological polar surface area (TPSA) is 68.3 Å². The van der Waals surface area contributed by atoms with Gasteiger partial charge in [-0.3, -0.25) is 4.79 Å². The van der Waals surface area contributed by atoms with E-state index in [2.05, 4.69) is 10.3 Å². The van der Waals surface area contributed by atoms with Gasteiger partial charge in [0.2, 0.25) is 0 Å². The minimum Gasteiger partial charge on any atom is -0.464 e. The van der Waals surface area contributed by atoms with Gasteiger partial charge in [0.25, 0.3) is 5.91 Å². The Morgan fingerprint density at radius 2 is 1.88 bits per heavy atom. The summed E-state index contributed by atoms with van der Waals surface area (Å²) in [4.78, 5) is 30.3. The van der Waals surface area contributed by atoms with E-state index in [0.717, 1.165) is 22.8 Å². The van der Waals surface area contributed by atoms with Gasteiger partial charge in [0.05, 0.1) is 6.61 Å². The van der Waals surface area contributed by atoms with E-state index in [1.54, 1.807) is 25.3 Å². The van der Waals surface area contributed by atoms with Crippen LogP contribution in [0.15, 0.2) is 58.6 Å². The molecular formula is C20H22N2O3S. The highest BCUT2D eigenvalue weighted by Gasteiger charge is 2.43. The summed E-state index contributed by atoms with van der Waals surface area (Å²) in [5, 5.41) is 3.83. The molecule has 1 amide bonds. The summed E-state index contributed by atoms with van der Waals surface area (Å²) in [6.45, 7) is 2.09. The van der Waals surface area contributed by atoms with E-state index in [-0.39, 0.29) is 11.9 Å². The van der Waals surface area contributed by atoms with Gasteiger partial charge in [-0.15, -0.1) is 0 Å². The highest BCUT2D eigenvalue weighted by atomic mass is 32.2. The van der Waals surface area contributed by atoms with Crippen molar-refractivity contribution < 1.29 is 14.3 Å². The number of benzene rings is 1. The first-order chi connectivity index (χ1) is 12.6. The molecule has 6 heteroatoms. The number of hydrogen-bond donors (Lipinski definition) is 1. The summed E-state index contributed by atoms with van der Waals surface area (Å²) in [7, 11) is 0. The zero-order valence-electron chi connectivity index (χ0n) is 14.7. The molecule has 1 heterocycles. The van der Waals surface area contributed by atoms with Gasteiger partial charge in [0, 0.05) is 16.7 Å². The van der Waals surface area contributed by atoms with Gasteiger partial charge in [-0.1, -0.05) is 30.7 Å². The molecule has 136 valence electrons. The fraction of sp³-hybridized carbons (Fsp3) is 0.350. The van der Waals surface area contributed by atoms with E-state index in [1.165, 1.54) is 11.8 Å². The van der Waals surface area contributed by atoms with Crippen LogP contribution in [-0.2, 0) is 9.53 Å². The summed E-state index contributed by atoms with van der Waals surface area (Å²) < 4.78 is 5.19. The molecule has 1 aliphatic rings. The van der Waals surface area contributed by atoms with Crippen LogP contribution in [-0.4, -0.2) is 29.0 Å². The first kappa shape index (κ1) is 18.5. The Bertz CT molecular complexity index is 756. The normalized spacial score (nSPS) is 15.4. The van der Waals surface area contributed by atoms with E-state index >= 15 is 0 Å². The van der Waals surface area contributed by atoms with Crippen LogP contribution in [0.3, 0.4) is 0 Å². The molecule has 1 fully saturated rings. The highest BCUT2D eigenvalue weighted by molar-refractivity contribution is 7.99. The Labute approximate surface area is 157 Å². The molecule has 0 bridgehead atoms. The molecular weight excluding hydrogens is 348 g/mol. The Hall–Kier alpha value is -2.34. The molecule has 1 saturated carbocycles. The van der Waals surface area contributed by atoms with Crippen molar-refractivity contribution in [1.29, 1.82) is 0 Å². The lowest BCUT2D eigenvalue weighted by atomic mass is 9.97. The molecule has 3 rings (SSSR count). The predicted molar refractivity (Wildman–Crippen MR) is 100 cm³/mol. The highest BCUT2D eigenvalue weighted by Crippen LogP contribution is 2.31. The average Bonchev–Trinajstić information content (AvgIpc) is 3.13. The molecule has 1 N–H and O–H groups in total. The molecule has 26 heavy (non-hydrogen) atoms. The molecule has 0 aliphatic heterocycles. The smallest absolute Gasteiger partial charge is 0.331 e. The second kappa shape index (κ2) is 8.36. The third-order valence-electron chi connectivity index (χ3n) is 4.45. The molecule has 0 radical (unpaired) electrons. The minimum atomic E-state index is -0.880. The van der Waals surface area contributed by atoms with Crippen molar-refractivity contribution in [3.05, 3.63) is 54.2 Å². The summed E-state index contributed by atoms with van der Waals surface area (Å²) >= 11 is 1.53. The number of carbonyl (C=O) groups is 2. The van der Waals surface area contributed by atoms with Gasteiger partial charge in [-0.05, 0) is 56.2 Å². The lowest BCUT2D eigenvalue weighted by Gasteiger charge is -2.27. The second-order valence-corrected chi connectivity index (χ2v) is 7.35. The third-order valence-corrected chi connectivity index (χ3v) is 5.41. The van der Waals surface area contributed by atoms with E-state index < -0.39 is 5.54 Å². The first-order valence-corrected chi connectivity index (χ1v) is 9.63. The molecule has 5 nitrogen and oxygen atoms in total. The summed E-state index contributed by atoms with van der Waals surface area (Å²) in [6.07, 6.45) is 4.84. The van der Waals surface area contributed by atoms with E-state index in [1.807, 2.05) is 30.3 Å². The first-order valence-electron chi connectivity index (χ1n) is 8.82. The van der Waals surface area contributed by atoms with Crippen LogP contribution in [0.5, 0.6) is 0 Å². The fourth-order valence-corrected chi connectivity index (χ4v) is 3.89. The van der Waals surface area contributed by atoms with Crippen LogP contribution in [0.2, 0.25) is 0 Å². The zero-order chi connectivity index (χ0) is 18.4. The van der Waals surface area contributed by atoms with Crippen LogP contribution < -0.4 is 5.32 Å². The van der Waals surface area contributed by atoms with Crippen molar-refractivity contribution in [3.8, 4) is 0 Å². The van der Waals surface area contributed by atoms with Crippen molar-refractivity contribution in [2.45, 2.75) is 48.1 Å². The van der Waals surface area contributed by atoms with E-state index in [0.29, 0.717) is 25.0 Å². The lowest BCUT2D eigenvalue weighted by Crippen LogP contribution is -2.53. The fourth-order valence-electron chi connectivity index (χ4n) is 3.12. The van der Waals surface area contributed by atoms with Crippen molar-refractivity contribution in [3.63, 3.8) is 0 Å². The minimum absolute atomic E-state index is 0.241. The zero-order valence-corrected chi connectivity index (χ0v) is 15.6. The number of aromatic nitrogens is 1. The molecule has 2 aromatic rings. The van der Waals surface area contributed by atoms with Gasteiger partial charge < -0.3 is 10.1 Å². The summed E-state index contributed by atoms with van der Waals surface area (Å²) in [5.74, 6) is -0.567. The van der Waals surface area contributed by atoms with E-state index in [9.17, 15) is 9.59 Å². The number of ether oxygens (including phenoxy) is 1. The van der Waals surface area contributed by atoms with Crippen LogP contribution in [0, 0.1) is 0 Å². The monoisotopic (exact) mass is 370 g/mol. The predicted octanol–water partition coefficient (Wildman–Crippen LogP) is 3.84. The maximum absolute atomic E-state index is 12.6. The summed E-state index contributed by atoms with van der Waals surface area (Å²) in [5.41, 5.74) is -0.347. The quantitative estimate of drug-likeness (QED) is 0.783. The average molecular weight is 370 g/mol. The molecule has 1 aromatic carbocycles. The Morgan fingerprint density at radius 1 is 1.15 bits per heavy atom. The Morgan fingerprint density at radius 3 is 2.50 bits per heavy atom. The Balaban J connectivity index is 1.68. The lowest BCUT2D eigenvalue weighted by molar-refractivity contribution is -0.150. The Kier molecular flexibility index (Phi) is 5.93. The summed E-state index contributed by atoms with van der Waals surface area (Å²) in [6, 6.07) is 13.1. The van der Waals surface area contributed by atoms with Gasteiger partial charge >= 0.3 is 5.97 Å². The molecule has 0 unspecified atom stereocenters. The van der Waals surface area contributed by atoms with Crippen LogP contribution in [0.1, 0.15) is 43.0 Å². The third kappa shape index (κ3) is 4.25. The SMILES string of the molecule is CCOC(=O)C1(NC(=O)c2ccc(Sc3ccccn3)cc2)CCCC1. The number of nitrogens with zero attached hydrogens (tertiary/aromatic N) is 1. The number of hydrogen-bond acceptors (Lipinski definition) is 5. The standard InChI is InChI=1S/C20H22N2O3S/c1-2-25-19(24)20(12-4-5-13-20)22-18(23)15-8-10-16(11-9-15)26-17-7-3-6-14-21-17/h3,6-11,14H,2,4-5,12-13H2,1H3,(H,22,23). The van der Waals surface area contributed by atoms with Gasteiger partial charge in [0.15, 0.2) is 0 Å². The molecule has 0 saturated heterocycles. The van der Waals surface area contributed by atoms with Gasteiger partial charge in [-0.2, -0.15) is 0 Å². The molecule has 1 aliphatic carbocycles. The number of amides is 1. The number of carbonyl (C=O) groups excluding carboxylic acids is 2. The van der Waals surface area contributed by atoms with Gasteiger partial charge in [0.1, 0.15) is 10.6 Å². The number of rotatable bonds is 6. The van der Waals surface area contributed by atoms with Crippen molar-refractivity contribution in [2.75, 3.05) is 6.61 Å². The largest absolute Gasteiger partial charge is 0.464 e. The number of esters is 1. The van der Waals surface area contributed by atoms with Crippen LogP contribution >= 0.6 is 11.8 Å². The van der Waals surface area contributed by atoms with Gasteiger partial charge in [-0.25, -0.2) is 9.78 Å². The number of pyridine rings is 1.